The molecule has 0 aliphatic heterocycles. The number of aryl methyl sites for hydroxylation is 1. The van der Waals surface area contributed by atoms with Crippen molar-refractivity contribution in [3.63, 3.8) is 0 Å². The third kappa shape index (κ3) is 4.53. The van der Waals surface area contributed by atoms with E-state index in [1.165, 1.54) is 6.92 Å². The largest absolute Gasteiger partial charge is 0.471 e. The van der Waals surface area contributed by atoms with Crippen molar-refractivity contribution in [2.75, 3.05) is 0 Å². The van der Waals surface area contributed by atoms with E-state index in [2.05, 4.69) is 15.1 Å². The highest BCUT2D eigenvalue weighted by Crippen LogP contribution is 2.18. The first-order valence-electron chi connectivity index (χ1n) is 8.15. The zero-order valence-electron chi connectivity index (χ0n) is 14.3. The van der Waals surface area contributed by atoms with Gasteiger partial charge in [-0.2, -0.15) is 9.61 Å². The van der Waals surface area contributed by atoms with Crippen molar-refractivity contribution in [3.8, 4) is 5.88 Å². The van der Waals surface area contributed by atoms with Gasteiger partial charge in [0.2, 0.25) is 5.88 Å². The molecule has 0 radical (unpaired) electrons. The van der Waals surface area contributed by atoms with Crippen LogP contribution in [-0.2, 0) is 22.6 Å². The summed E-state index contributed by atoms with van der Waals surface area (Å²) in [5.74, 6) is 0.335. The molecule has 0 saturated heterocycles. The van der Waals surface area contributed by atoms with Crippen molar-refractivity contribution < 1.29 is 14.3 Å². The van der Waals surface area contributed by atoms with Crippen molar-refractivity contribution in [2.45, 2.75) is 39.4 Å². The molecule has 1 atom stereocenters. The van der Waals surface area contributed by atoms with E-state index in [9.17, 15) is 4.79 Å². The zero-order chi connectivity index (χ0) is 17.6. The van der Waals surface area contributed by atoms with E-state index in [4.69, 9.17) is 9.47 Å². The Hall–Kier alpha value is -2.96. The van der Waals surface area contributed by atoms with Crippen LogP contribution in [0, 0.1) is 0 Å². The molecule has 7 nitrogen and oxygen atoms in total. The van der Waals surface area contributed by atoms with E-state index < -0.39 is 0 Å². The molecule has 7 heteroatoms. The summed E-state index contributed by atoms with van der Waals surface area (Å²) in [5.41, 5.74) is 2.42. The summed E-state index contributed by atoms with van der Waals surface area (Å²) in [6.45, 7) is 3.64. The smallest absolute Gasteiger partial charge is 0.302 e. The van der Waals surface area contributed by atoms with Crippen LogP contribution in [0.25, 0.3) is 5.65 Å². The minimum atomic E-state index is -0.272. The summed E-state index contributed by atoms with van der Waals surface area (Å²) < 4.78 is 12.7. The van der Waals surface area contributed by atoms with Gasteiger partial charge in [-0.3, -0.25) is 9.78 Å². The normalized spacial score (nSPS) is 12.1. The number of carbonyl (C=O) groups is 1. The Labute approximate surface area is 145 Å². The Morgan fingerprint density at radius 1 is 1.24 bits per heavy atom. The second-order valence-electron chi connectivity index (χ2n) is 5.76. The van der Waals surface area contributed by atoms with Gasteiger partial charge >= 0.3 is 5.97 Å². The SMILES string of the molecule is CC(=O)OC(C)CCc1cc(OCc2ccccn2)n2nccc2n1. The van der Waals surface area contributed by atoms with E-state index >= 15 is 0 Å². The second kappa shape index (κ2) is 7.74. The number of aromatic nitrogens is 4. The monoisotopic (exact) mass is 340 g/mol. The third-order valence-corrected chi connectivity index (χ3v) is 3.65. The predicted octanol–water partition coefficient (Wildman–Crippen LogP) is 2.59. The molecule has 0 amide bonds. The Morgan fingerprint density at radius 2 is 2.12 bits per heavy atom. The minimum Gasteiger partial charge on any atom is -0.471 e. The molecule has 1 unspecified atom stereocenters. The van der Waals surface area contributed by atoms with E-state index in [0.29, 0.717) is 31.0 Å². The number of hydrogen-bond acceptors (Lipinski definition) is 6. The molecule has 25 heavy (non-hydrogen) atoms. The Kier molecular flexibility index (Phi) is 5.23. The molecule has 0 aromatic carbocycles. The lowest BCUT2D eigenvalue weighted by atomic mass is 10.1. The fraction of sp³-hybridized carbons (Fsp3) is 0.333. The summed E-state index contributed by atoms with van der Waals surface area (Å²) in [5, 5.41) is 4.25. The minimum absolute atomic E-state index is 0.154. The number of ether oxygens (including phenoxy) is 2. The van der Waals surface area contributed by atoms with Gasteiger partial charge in [0, 0.05) is 30.9 Å². The van der Waals surface area contributed by atoms with Crippen molar-refractivity contribution in [3.05, 3.63) is 54.1 Å². The maximum atomic E-state index is 11.0. The van der Waals surface area contributed by atoms with E-state index in [1.807, 2.05) is 37.3 Å². The maximum absolute atomic E-state index is 11.0. The molecular weight excluding hydrogens is 320 g/mol. The van der Waals surface area contributed by atoms with Crippen molar-refractivity contribution in [1.82, 2.24) is 19.6 Å². The van der Waals surface area contributed by atoms with Crippen LogP contribution in [-0.4, -0.2) is 31.7 Å². The average molecular weight is 340 g/mol. The predicted molar refractivity (Wildman–Crippen MR) is 91.1 cm³/mol. The number of pyridine rings is 1. The lowest BCUT2D eigenvalue weighted by Gasteiger charge is -2.12. The van der Waals surface area contributed by atoms with E-state index in [1.54, 1.807) is 16.9 Å². The topological polar surface area (TPSA) is 78.6 Å². The maximum Gasteiger partial charge on any atom is 0.302 e. The Morgan fingerprint density at radius 3 is 2.88 bits per heavy atom. The molecule has 3 rings (SSSR count). The van der Waals surface area contributed by atoms with Crippen LogP contribution in [0.4, 0.5) is 0 Å². The molecule has 0 bridgehead atoms. The van der Waals surface area contributed by atoms with Crippen molar-refractivity contribution in [1.29, 1.82) is 0 Å². The van der Waals surface area contributed by atoms with Crippen molar-refractivity contribution in [2.24, 2.45) is 0 Å². The average Bonchev–Trinajstić information content (AvgIpc) is 3.07. The number of esters is 1. The quantitative estimate of drug-likeness (QED) is 0.615. The Bertz CT molecular complexity index is 848. The molecule has 3 aromatic heterocycles. The molecule has 0 spiro atoms. The highest BCUT2D eigenvalue weighted by atomic mass is 16.5. The lowest BCUT2D eigenvalue weighted by molar-refractivity contribution is -0.145. The first-order chi connectivity index (χ1) is 12.1. The number of nitrogens with zero attached hydrogens (tertiary/aromatic N) is 4. The van der Waals surface area contributed by atoms with E-state index in [-0.39, 0.29) is 12.1 Å². The van der Waals surface area contributed by atoms with Gasteiger partial charge < -0.3 is 9.47 Å². The van der Waals surface area contributed by atoms with Gasteiger partial charge in [-0.15, -0.1) is 0 Å². The van der Waals surface area contributed by atoms with Crippen LogP contribution in [0.3, 0.4) is 0 Å². The van der Waals surface area contributed by atoms with Gasteiger partial charge in [0.1, 0.15) is 6.61 Å². The summed E-state index contributed by atoms with van der Waals surface area (Å²) in [6.07, 6.45) is 4.63. The number of hydrogen-bond donors (Lipinski definition) is 0. The van der Waals surface area contributed by atoms with Crippen molar-refractivity contribution >= 4 is 11.6 Å². The summed E-state index contributed by atoms with van der Waals surface area (Å²) in [7, 11) is 0. The first kappa shape index (κ1) is 16.9. The number of carbonyl (C=O) groups excluding carboxylic acids is 1. The summed E-state index contributed by atoms with van der Waals surface area (Å²) in [6, 6.07) is 9.38. The van der Waals surface area contributed by atoms with Crippen LogP contribution in [0.1, 0.15) is 31.7 Å². The first-order valence-corrected chi connectivity index (χ1v) is 8.15. The summed E-state index contributed by atoms with van der Waals surface area (Å²) >= 11 is 0. The van der Waals surface area contributed by atoms with Crippen LogP contribution in [0.5, 0.6) is 5.88 Å². The fourth-order valence-corrected chi connectivity index (χ4v) is 2.49. The van der Waals surface area contributed by atoms with Gasteiger partial charge in [-0.05, 0) is 31.9 Å². The number of rotatable bonds is 7. The molecule has 0 saturated carbocycles. The molecular formula is C18H20N4O3. The lowest BCUT2D eigenvalue weighted by Crippen LogP contribution is -2.13. The molecule has 130 valence electrons. The highest BCUT2D eigenvalue weighted by molar-refractivity contribution is 5.66. The second-order valence-corrected chi connectivity index (χ2v) is 5.76. The fourth-order valence-electron chi connectivity index (χ4n) is 2.49. The Balaban J connectivity index is 1.73. The van der Waals surface area contributed by atoms with Crippen LogP contribution >= 0.6 is 0 Å². The molecule has 0 fully saturated rings. The molecule has 0 aliphatic carbocycles. The van der Waals surface area contributed by atoms with Crippen LogP contribution in [0.15, 0.2) is 42.7 Å². The molecule has 3 aromatic rings. The number of fused-ring (bicyclic) bond motifs is 1. The molecule has 0 aliphatic rings. The molecule has 0 N–H and O–H groups in total. The van der Waals surface area contributed by atoms with Crippen LogP contribution in [0.2, 0.25) is 0 Å². The van der Waals surface area contributed by atoms with Gasteiger partial charge in [0.15, 0.2) is 5.65 Å². The van der Waals surface area contributed by atoms with Gasteiger partial charge in [0.25, 0.3) is 0 Å². The summed E-state index contributed by atoms with van der Waals surface area (Å²) in [4.78, 5) is 19.8. The van der Waals surface area contributed by atoms with Gasteiger partial charge in [-0.25, -0.2) is 4.98 Å². The molecule has 3 heterocycles. The standard InChI is InChI=1S/C18H20N4O3/c1-13(25-14(2)23)6-7-15-11-18(22-17(21-15)8-10-20-22)24-12-16-5-3-4-9-19-16/h3-5,8-11,13H,6-7,12H2,1-2H3. The van der Waals surface area contributed by atoms with Gasteiger partial charge in [0.05, 0.1) is 18.0 Å². The van der Waals surface area contributed by atoms with Crippen LogP contribution < -0.4 is 4.74 Å². The van der Waals surface area contributed by atoms with Gasteiger partial charge in [-0.1, -0.05) is 6.07 Å². The van der Waals surface area contributed by atoms with E-state index in [0.717, 1.165) is 11.4 Å². The zero-order valence-corrected chi connectivity index (χ0v) is 14.3. The third-order valence-electron chi connectivity index (χ3n) is 3.65. The highest BCUT2D eigenvalue weighted by Gasteiger charge is 2.11.